The van der Waals surface area contributed by atoms with E-state index in [-0.39, 0.29) is 11.9 Å². The molecule has 0 spiro atoms. The topological polar surface area (TPSA) is 45.6 Å². The second-order valence-electron chi connectivity index (χ2n) is 5.56. The molecule has 5 heteroatoms. The number of hydrogen-bond donors (Lipinski definition) is 1. The summed E-state index contributed by atoms with van der Waals surface area (Å²) in [5.41, 5.74) is 1.24. The molecule has 1 aromatic rings. The number of ether oxygens (including phenoxy) is 2. The summed E-state index contributed by atoms with van der Waals surface area (Å²) < 4.78 is 25.3. The van der Waals surface area contributed by atoms with Crippen LogP contribution in [0.25, 0.3) is 0 Å². The Hall–Kier alpha value is -1.46. The van der Waals surface area contributed by atoms with Crippen molar-refractivity contribution in [1.82, 2.24) is 0 Å². The number of anilines is 1. The Kier molecular flexibility index (Phi) is 6.80. The zero-order valence-electron chi connectivity index (χ0n) is 13.2. The molecule has 1 aliphatic rings. The van der Waals surface area contributed by atoms with Crippen LogP contribution in [0.5, 0.6) is 0 Å². The molecule has 1 fully saturated rings. The zero-order valence-corrected chi connectivity index (χ0v) is 13.2. The van der Waals surface area contributed by atoms with Crippen molar-refractivity contribution in [3.05, 3.63) is 29.6 Å². The summed E-state index contributed by atoms with van der Waals surface area (Å²) in [4.78, 5) is 2.08. The lowest BCUT2D eigenvalue weighted by Crippen LogP contribution is -2.37. The summed E-state index contributed by atoms with van der Waals surface area (Å²) in [7, 11) is 1.69. The largest absolute Gasteiger partial charge is 0.385 e. The van der Waals surface area contributed by atoms with E-state index in [0.717, 1.165) is 45.6 Å². The number of piperidine rings is 1. The van der Waals surface area contributed by atoms with Crippen LogP contribution in [0.2, 0.25) is 0 Å². The molecule has 0 unspecified atom stereocenters. The molecule has 1 aromatic carbocycles. The Balaban J connectivity index is 1.86. The van der Waals surface area contributed by atoms with Crippen molar-refractivity contribution in [3.63, 3.8) is 0 Å². The molecule has 1 aliphatic heterocycles. The monoisotopic (exact) mass is 308 g/mol. The summed E-state index contributed by atoms with van der Waals surface area (Å²) in [6.07, 6.45) is 4.60. The van der Waals surface area contributed by atoms with E-state index in [4.69, 9.17) is 14.9 Å². The quantitative estimate of drug-likeness (QED) is 0.593. The molecular weight excluding hydrogens is 283 g/mol. The van der Waals surface area contributed by atoms with Gasteiger partial charge in [0, 0.05) is 39.8 Å². The highest BCUT2D eigenvalue weighted by Gasteiger charge is 2.22. The predicted octanol–water partition coefficient (Wildman–Crippen LogP) is 3.04. The van der Waals surface area contributed by atoms with Gasteiger partial charge in [0.25, 0.3) is 0 Å². The highest BCUT2D eigenvalue weighted by molar-refractivity contribution is 5.61. The van der Waals surface area contributed by atoms with E-state index >= 15 is 0 Å². The maximum atomic E-state index is 14.4. The van der Waals surface area contributed by atoms with Crippen LogP contribution < -0.4 is 4.90 Å². The molecule has 0 aliphatic carbocycles. The van der Waals surface area contributed by atoms with Gasteiger partial charge in [0.2, 0.25) is 0 Å². The van der Waals surface area contributed by atoms with Crippen LogP contribution in [-0.4, -0.2) is 45.7 Å². The first-order valence-corrected chi connectivity index (χ1v) is 7.88. The van der Waals surface area contributed by atoms with Gasteiger partial charge < -0.3 is 19.8 Å². The second-order valence-corrected chi connectivity index (χ2v) is 5.56. The van der Waals surface area contributed by atoms with Crippen LogP contribution in [-0.2, 0) is 15.9 Å². The Morgan fingerprint density at radius 1 is 1.32 bits per heavy atom. The zero-order chi connectivity index (χ0) is 15.8. The van der Waals surface area contributed by atoms with Gasteiger partial charge in [-0.25, -0.2) is 4.39 Å². The van der Waals surface area contributed by atoms with Crippen LogP contribution >= 0.6 is 0 Å². The normalized spacial score (nSPS) is 16.0. The SMILES string of the molecule is COCCCOC1CCN(c2cccc(CC=N)c2F)CC1. The third-order valence-electron chi connectivity index (χ3n) is 4.01. The molecule has 122 valence electrons. The fraction of sp³-hybridized carbons (Fsp3) is 0.588. The molecule has 0 bridgehead atoms. The number of rotatable bonds is 8. The van der Waals surface area contributed by atoms with Crippen molar-refractivity contribution in [2.45, 2.75) is 31.8 Å². The van der Waals surface area contributed by atoms with Gasteiger partial charge in [-0.1, -0.05) is 12.1 Å². The highest BCUT2D eigenvalue weighted by Crippen LogP contribution is 2.26. The number of methoxy groups -OCH3 is 1. The van der Waals surface area contributed by atoms with E-state index in [1.54, 1.807) is 13.2 Å². The van der Waals surface area contributed by atoms with Crippen molar-refractivity contribution >= 4 is 11.9 Å². The summed E-state index contributed by atoms with van der Waals surface area (Å²) in [5.74, 6) is -0.189. The van der Waals surface area contributed by atoms with Crippen LogP contribution in [0.4, 0.5) is 10.1 Å². The van der Waals surface area contributed by atoms with Gasteiger partial charge in [-0.15, -0.1) is 0 Å². The number of benzene rings is 1. The molecule has 0 radical (unpaired) electrons. The number of hydrogen-bond acceptors (Lipinski definition) is 4. The molecule has 2 rings (SSSR count). The average Bonchev–Trinajstić information content (AvgIpc) is 2.55. The molecule has 0 atom stereocenters. The van der Waals surface area contributed by atoms with Gasteiger partial charge in [-0.2, -0.15) is 0 Å². The molecule has 0 aromatic heterocycles. The fourth-order valence-corrected chi connectivity index (χ4v) is 2.79. The Labute approximate surface area is 131 Å². The maximum absolute atomic E-state index is 14.4. The van der Waals surface area contributed by atoms with Crippen LogP contribution in [0, 0.1) is 11.2 Å². The van der Waals surface area contributed by atoms with Crippen LogP contribution in [0.3, 0.4) is 0 Å². The van der Waals surface area contributed by atoms with E-state index in [1.807, 2.05) is 12.1 Å². The van der Waals surface area contributed by atoms with Gasteiger partial charge in [0.1, 0.15) is 5.82 Å². The lowest BCUT2D eigenvalue weighted by Gasteiger charge is -2.34. The highest BCUT2D eigenvalue weighted by atomic mass is 19.1. The van der Waals surface area contributed by atoms with Crippen molar-refractivity contribution < 1.29 is 13.9 Å². The molecule has 4 nitrogen and oxygen atoms in total. The first-order valence-electron chi connectivity index (χ1n) is 7.88. The van der Waals surface area contributed by atoms with E-state index < -0.39 is 0 Å². The van der Waals surface area contributed by atoms with Crippen LogP contribution in [0.15, 0.2) is 18.2 Å². The number of nitrogens with zero attached hydrogens (tertiary/aromatic N) is 1. The lowest BCUT2D eigenvalue weighted by molar-refractivity contribution is 0.0257. The number of nitrogens with one attached hydrogen (secondary N) is 1. The van der Waals surface area contributed by atoms with E-state index in [1.165, 1.54) is 6.21 Å². The Bertz CT molecular complexity index is 474. The summed E-state index contributed by atoms with van der Waals surface area (Å²) in [5, 5.41) is 7.14. The van der Waals surface area contributed by atoms with Crippen molar-refractivity contribution in [1.29, 1.82) is 5.41 Å². The molecule has 22 heavy (non-hydrogen) atoms. The third kappa shape index (κ3) is 4.52. The maximum Gasteiger partial charge on any atom is 0.150 e. The summed E-state index contributed by atoms with van der Waals surface area (Å²) >= 11 is 0. The van der Waals surface area contributed by atoms with Crippen molar-refractivity contribution in [2.75, 3.05) is 38.3 Å². The first-order chi connectivity index (χ1) is 10.8. The molecule has 0 amide bonds. The van der Waals surface area contributed by atoms with E-state index in [2.05, 4.69) is 4.90 Å². The third-order valence-corrected chi connectivity index (χ3v) is 4.01. The van der Waals surface area contributed by atoms with Crippen LogP contribution in [0.1, 0.15) is 24.8 Å². The molecule has 1 saturated heterocycles. The van der Waals surface area contributed by atoms with E-state index in [9.17, 15) is 4.39 Å². The summed E-state index contributed by atoms with van der Waals surface area (Å²) in [6.45, 7) is 3.06. The van der Waals surface area contributed by atoms with E-state index in [0.29, 0.717) is 17.7 Å². The van der Waals surface area contributed by atoms with Gasteiger partial charge in [0.05, 0.1) is 11.8 Å². The predicted molar refractivity (Wildman–Crippen MR) is 86.6 cm³/mol. The smallest absolute Gasteiger partial charge is 0.150 e. The summed E-state index contributed by atoms with van der Waals surface area (Å²) in [6, 6.07) is 5.43. The first kappa shape index (κ1) is 16.9. The molecule has 0 saturated carbocycles. The van der Waals surface area contributed by atoms with Crippen molar-refractivity contribution in [2.24, 2.45) is 0 Å². The second kappa shape index (κ2) is 8.86. The van der Waals surface area contributed by atoms with Gasteiger partial charge in [0.15, 0.2) is 0 Å². The standard InChI is InChI=1S/C17H25FN2O2/c1-21-12-3-13-22-15-7-10-20(11-8-15)16-5-2-4-14(6-9-19)17(16)18/h2,4-5,9,15,19H,3,6-8,10-13H2,1H3. The fourth-order valence-electron chi connectivity index (χ4n) is 2.79. The van der Waals surface area contributed by atoms with Gasteiger partial charge in [-0.3, -0.25) is 0 Å². The lowest BCUT2D eigenvalue weighted by atomic mass is 10.0. The Morgan fingerprint density at radius 2 is 2.09 bits per heavy atom. The average molecular weight is 308 g/mol. The molecular formula is C17H25FN2O2. The Morgan fingerprint density at radius 3 is 2.77 bits per heavy atom. The minimum absolute atomic E-state index is 0.189. The molecule has 1 heterocycles. The van der Waals surface area contributed by atoms with Crippen molar-refractivity contribution in [3.8, 4) is 0 Å². The minimum Gasteiger partial charge on any atom is -0.385 e. The van der Waals surface area contributed by atoms with Gasteiger partial charge in [-0.05, 0) is 37.1 Å². The number of halogens is 1. The van der Waals surface area contributed by atoms with Gasteiger partial charge >= 0.3 is 0 Å². The molecule has 1 N–H and O–H groups in total. The minimum atomic E-state index is -0.189.